The molecule has 0 aliphatic carbocycles. The van der Waals surface area contributed by atoms with Gasteiger partial charge >= 0.3 is 6.18 Å². The Hall–Kier alpha value is -1.08. The lowest BCUT2D eigenvalue weighted by molar-refractivity contribution is -0.137. The van der Waals surface area contributed by atoms with Gasteiger partial charge in [0, 0.05) is 10.2 Å². The van der Waals surface area contributed by atoms with Gasteiger partial charge in [-0.15, -0.1) is 0 Å². The number of anilines is 1. The Morgan fingerprint density at radius 1 is 1.41 bits per heavy atom. The Bertz CT molecular complexity index is 432. The molecule has 3 N–H and O–H groups in total. The summed E-state index contributed by atoms with van der Waals surface area (Å²) in [6.45, 7) is 1.44. The van der Waals surface area contributed by atoms with Crippen LogP contribution in [-0.2, 0) is 11.0 Å². The average Bonchev–Trinajstić information content (AvgIpc) is 2.15. The summed E-state index contributed by atoms with van der Waals surface area (Å²) in [7, 11) is 0. The Morgan fingerprint density at radius 2 is 2.00 bits per heavy atom. The monoisotopic (exact) mass is 310 g/mol. The number of carbonyl (C=O) groups excluding carboxylic acids is 1. The number of nitrogens with one attached hydrogen (secondary N) is 1. The zero-order chi connectivity index (χ0) is 13.2. The molecule has 1 amide bonds. The van der Waals surface area contributed by atoms with Crippen molar-refractivity contribution in [2.75, 3.05) is 5.32 Å². The van der Waals surface area contributed by atoms with Crippen molar-refractivity contribution in [3.8, 4) is 0 Å². The number of alkyl halides is 3. The van der Waals surface area contributed by atoms with Crippen LogP contribution < -0.4 is 11.1 Å². The molecule has 3 nitrogen and oxygen atoms in total. The lowest BCUT2D eigenvalue weighted by Gasteiger charge is -2.12. The Balaban J connectivity index is 3.02. The first-order valence-electron chi connectivity index (χ1n) is 4.64. The molecule has 1 aromatic rings. The van der Waals surface area contributed by atoms with Crippen LogP contribution in [0.25, 0.3) is 0 Å². The van der Waals surface area contributed by atoms with Gasteiger partial charge in [0.15, 0.2) is 0 Å². The van der Waals surface area contributed by atoms with Crippen molar-refractivity contribution in [1.82, 2.24) is 0 Å². The van der Waals surface area contributed by atoms with E-state index in [9.17, 15) is 18.0 Å². The minimum Gasteiger partial charge on any atom is -0.325 e. The maximum absolute atomic E-state index is 12.5. The van der Waals surface area contributed by atoms with Gasteiger partial charge in [-0.2, -0.15) is 13.2 Å². The van der Waals surface area contributed by atoms with Crippen LogP contribution in [0.5, 0.6) is 0 Å². The third kappa shape index (κ3) is 4.01. The smallest absolute Gasteiger partial charge is 0.325 e. The fourth-order valence-corrected chi connectivity index (χ4v) is 1.57. The zero-order valence-corrected chi connectivity index (χ0v) is 10.4. The first-order chi connectivity index (χ1) is 7.70. The van der Waals surface area contributed by atoms with E-state index >= 15 is 0 Å². The molecule has 0 fully saturated rings. The van der Waals surface area contributed by atoms with Gasteiger partial charge < -0.3 is 11.1 Å². The molecule has 0 aliphatic rings. The summed E-state index contributed by atoms with van der Waals surface area (Å²) in [5.74, 6) is -0.545. The molecular weight excluding hydrogens is 301 g/mol. The van der Waals surface area contributed by atoms with Crippen LogP contribution >= 0.6 is 15.9 Å². The lowest BCUT2D eigenvalue weighted by atomic mass is 10.2. The maximum atomic E-state index is 12.5. The minimum absolute atomic E-state index is 0.0500. The van der Waals surface area contributed by atoms with Gasteiger partial charge in [-0.1, -0.05) is 15.9 Å². The molecule has 17 heavy (non-hydrogen) atoms. The summed E-state index contributed by atoms with van der Waals surface area (Å²) in [6.07, 6.45) is -4.46. The topological polar surface area (TPSA) is 55.1 Å². The number of rotatable bonds is 2. The molecular formula is C10H10BrF3N2O. The molecule has 1 rings (SSSR count). The van der Waals surface area contributed by atoms with Crippen LogP contribution in [0.3, 0.4) is 0 Å². The van der Waals surface area contributed by atoms with Gasteiger partial charge in [-0.3, -0.25) is 4.79 Å². The number of benzene rings is 1. The van der Waals surface area contributed by atoms with E-state index in [1.54, 1.807) is 0 Å². The number of nitrogens with two attached hydrogens (primary N) is 1. The molecule has 7 heteroatoms. The molecule has 1 aromatic carbocycles. The van der Waals surface area contributed by atoms with Gasteiger partial charge in [0.25, 0.3) is 0 Å². The van der Waals surface area contributed by atoms with Gasteiger partial charge in [0.05, 0.1) is 11.6 Å². The number of hydrogen-bond acceptors (Lipinski definition) is 2. The molecule has 0 aromatic heterocycles. The van der Waals surface area contributed by atoms with Crippen LogP contribution in [0, 0.1) is 0 Å². The van der Waals surface area contributed by atoms with E-state index in [1.165, 1.54) is 13.0 Å². The molecule has 0 unspecified atom stereocenters. The van der Waals surface area contributed by atoms with Crippen molar-refractivity contribution in [2.24, 2.45) is 5.73 Å². The molecule has 0 bridgehead atoms. The Labute approximate surface area is 104 Å². The second-order valence-corrected chi connectivity index (χ2v) is 4.42. The lowest BCUT2D eigenvalue weighted by Crippen LogP contribution is -2.32. The second-order valence-electron chi connectivity index (χ2n) is 3.50. The highest BCUT2D eigenvalue weighted by atomic mass is 79.9. The van der Waals surface area contributed by atoms with Crippen molar-refractivity contribution in [3.63, 3.8) is 0 Å². The molecule has 0 radical (unpaired) electrons. The van der Waals surface area contributed by atoms with E-state index < -0.39 is 23.7 Å². The first-order valence-corrected chi connectivity index (χ1v) is 5.43. The number of hydrogen-bond donors (Lipinski definition) is 2. The summed E-state index contributed by atoms with van der Waals surface area (Å²) in [4.78, 5) is 11.3. The largest absolute Gasteiger partial charge is 0.416 e. The molecule has 0 saturated carbocycles. The standard InChI is InChI=1S/C10H10BrF3N2O/c1-5(15)9(17)16-8-3-6(10(12,13)14)2-7(11)4-8/h2-5H,15H2,1H3,(H,16,17)/t5-/m0/s1. The molecule has 0 spiro atoms. The highest BCUT2D eigenvalue weighted by Gasteiger charge is 2.31. The number of halogens is 4. The second kappa shape index (κ2) is 5.05. The minimum atomic E-state index is -4.46. The van der Waals surface area contributed by atoms with E-state index in [-0.39, 0.29) is 10.2 Å². The molecule has 1 atom stereocenters. The van der Waals surface area contributed by atoms with E-state index in [0.717, 1.165) is 12.1 Å². The van der Waals surface area contributed by atoms with Crippen molar-refractivity contribution in [1.29, 1.82) is 0 Å². The van der Waals surface area contributed by atoms with Gasteiger partial charge in [0.1, 0.15) is 0 Å². The van der Waals surface area contributed by atoms with Gasteiger partial charge in [0.2, 0.25) is 5.91 Å². The summed E-state index contributed by atoms with van der Waals surface area (Å²) in [6, 6.07) is 2.37. The van der Waals surface area contributed by atoms with Crippen LogP contribution in [0.4, 0.5) is 18.9 Å². The predicted octanol–water partition coefficient (Wildman–Crippen LogP) is 2.75. The molecule has 94 valence electrons. The summed E-state index contributed by atoms with van der Waals surface area (Å²) in [5.41, 5.74) is 4.51. The quantitative estimate of drug-likeness (QED) is 0.882. The molecule has 0 saturated heterocycles. The van der Waals surface area contributed by atoms with Crippen LogP contribution in [-0.4, -0.2) is 11.9 Å². The van der Waals surface area contributed by atoms with E-state index in [2.05, 4.69) is 21.2 Å². The number of amides is 1. The Morgan fingerprint density at radius 3 is 2.47 bits per heavy atom. The first kappa shape index (κ1) is 14.0. The van der Waals surface area contributed by atoms with Crippen molar-refractivity contribution in [2.45, 2.75) is 19.1 Å². The molecule has 0 heterocycles. The third-order valence-corrected chi connectivity index (χ3v) is 2.36. The summed E-state index contributed by atoms with van der Waals surface area (Å²) >= 11 is 2.95. The van der Waals surface area contributed by atoms with Crippen molar-refractivity contribution in [3.05, 3.63) is 28.2 Å². The molecule has 0 aliphatic heterocycles. The normalized spacial score (nSPS) is 13.3. The predicted molar refractivity (Wildman–Crippen MR) is 61.4 cm³/mol. The third-order valence-electron chi connectivity index (χ3n) is 1.91. The van der Waals surface area contributed by atoms with Crippen LogP contribution in [0.15, 0.2) is 22.7 Å². The van der Waals surface area contributed by atoms with E-state index in [0.29, 0.717) is 0 Å². The van der Waals surface area contributed by atoms with Gasteiger partial charge in [-0.05, 0) is 25.1 Å². The van der Waals surface area contributed by atoms with E-state index in [4.69, 9.17) is 5.73 Å². The van der Waals surface area contributed by atoms with Crippen LogP contribution in [0.2, 0.25) is 0 Å². The van der Waals surface area contributed by atoms with Crippen LogP contribution in [0.1, 0.15) is 12.5 Å². The SMILES string of the molecule is C[C@H](N)C(=O)Nc1cc(Br)cc(C(F)(F)F)c1. The van der Waals surface area contributed by atoms with E-state index in [1.807, 2.05) is 0 Å². The number of carbonyl (C=O) groups is 1. The maximum Gasteiger partial charge on any atom is 0.416 e. The van der Waals surface area contributed by atoms with Crippen molar-refractivity contribution < 1.29 is 18.0 Å². The van der Waals surface area contributed by atoms with Crippen molar-refractivity contribution >= 4 is 27.5 Å². The zero-order valence-electron chi connectivity index (χ0n) is 8.81. The highest BCUT2D eigenvalue weighted by molar-refractivity contribution is 9.10. The summed E-state index contributed by atoms with van der Waals surface area (Å²) < 4.78 is 37.7. The average molecular weight is 311 g/mol. The highest BCUT2D eigenvalue weighted by Crippen LogP contribution is 2.33. The van der Waals surface area contributed by atoms with Gasteiger partial charge in [-0.25, -0.2) is 0 Å². The Kier molecular flexibility index (Phi) is 4.16. The fourth-order valence-electron chi connectivity index (χ4n) is 1.08. The summed E-state index contributed by atoms with van der Waals surface area (Å²) in [5, 5.41) is 2.30. The fraction of sp³-hybridized carbons (Fsp3) is 0.300.